The Bertz CT molecular complexity index is 798. The van der Waals surface area contributed by atoms with Gasteiger partial charge in [-0.05, 0) is 62.8 Å². The Hall–Kier alpha value is -2.67. The lowest BCUT2D eigenvalue weighted by Crippen LogP contribution is -2.30. The molecule has 0 aliphatic rings. The van der Waals surface area contributed by atoms with Crippen LogP contribution in [0.3, 0.4) is 0 Å². The van der Waals surface area contributed by atoms with E-state index < -0.39 is 0 Å². The zero-order valence-corrected chi connectivity index (χ0v) is 17.8. The Labute approximate surface area is 172 Å². The molecule has 0 radical (unpaired) electrons. The summed E-state index contributed by atoms with van der Waals surface area (Å²) >= 11 is 5.45. The first kappa shape index (κ1) is 21.6. The fourth-order valence-electron chi connectivity index (χ4n) is 2.70. The van der Waals surface area contributed by atoms with E-state index in [1.165, 1.54) is 0 Å². The van der Waals surface area contributed by atoms with Crippen molar-refractivity contribution in [3.05, 3.63) is 42.0 Å². The number of hydrogen-bond acceptors (Lipinski definition) is 5. The molecule has 2 rings (SSSR count). The minimum absolute atomic E-state index is 0.0185. The Balaban J connectivity index is 2.06. The van der Waals surface area contributed by atoms with Crippen LogP contribution in [0.25, 0.3) is 0 Å². The lowest BCUT2D eigenvalue weighted by molar-refractivity contribution is 0.287. The molecular weight excluding hydrogens is 376 g/mol. The number of rotatable bonds is 9. The molecule has 0 bridgehead atoms. The van der Waals surface area contributed by atoms with Crippen molar-refractivity contribution in [2.24, 2.45) is 0 Å². The normalized spacial score (nSPS) is 11.3. The van der Waals surface area contributed by atoms with Crippen LogP contribution in [0.5, 0.6) is 23.0 Å². The van der Waals surface area contributed by atoms with E-state index in [2.05, 4.69) is 10.6 Å². The number of benzene rings is 2. The van der Waals surface area contributed by atoms with E-state index in [-0.39, 0.29) is 6.04 Å². The molecule has 0 amide bonds. The van der Waals surface area contributed by atoms with E-state index in [4.69, 9.17) is 31.2 Å². The summed E-state index contributed by atoms with van der Waals surface area (Å²) in [5, 5.41) is 6.96. The van der Waals surface area contributed by atoms with Crippen molar-refractivity contribution in [2.75, 3.05) is 32.8 Å². The van der Waals surface area contributed by atoms with Crippen molar-refractivity contribution in [2.45, 2.75) is 26.8 Å². The molecule has 0 aromatic heterocycles. The zero-order chi connectivity index (χ0) is 20.5. The minimum atomic E-state index is -0.0185. The van der Waals surface area contributed by atoms with Crippen LogP contribution in [-0.2, 0) is 0 Å². The van der Waals surface area contributed by atoms with Crippen LogP contribution in [0.4, 0.5) is 5.69 Å². The first-order valence-corrected chi connectivity index (χ1v) is 9.62. The predicted molar refractivity (Wildman–Crippen MR) is 116 cm³/mol. The molecule has 0 spiro atoms. The van der Waals surface area contributed by atoms with E-state index in [0.29, 0.717) is 29.8 Å². The van der Waals surface area contributed by atoms with Crippen molar-refractivity contribution >= 4 is 23.0 Å². The number of anilines is 1. The van der Waals surface area contributed by atoms with E-state index in [1.807, 2.05) is 57.2 Å². The molecular formula is C21H28N2O4S. The second-order valence-electron chi connectivity index (χ2n) is 5.96. The maximum atomic E-state index is 5.70. The summed E-state index contributed by atoms with van der Waals surface area (Å²) in [6, 6.07) is 11.4. The highest BCUT2D eigenvalue weighted by molar-refractivity contribution is 7.80. The predicted octanol–water partition coefficient (Wildman–Crippen LogP) is 4.55. The number of hydrogen-bond donors (Lipinski definition) is 2. The van der Waals surface area contributed by atoms with Gasteiger partial charge >= 0.3 is 0 Å². The second kappa shape index (κ2) is 10.6. The van der Waals surface area contributed by atoms with E-state index in [9.17, 15) is 0 Å². The maximum absolute atomic E-state index is 5.70. The number of ether oxygens (including phenoxy) is 4. The van der Waals surface area contributed by atoms with Gasteiger partial charge in [-0.1, -0.05) is 6.07 Å². The fourth-order valence-corrected chi connectivity index (χ4v) is 2.99. The SMILES string of the molecule is CCOc1ccc(C(C)NC(=S)Nc2ccc(OC)c(OC)c2)cc1OCC. The van der Waals surface area contributed by atoms with Gasteiger partial charge in [-0.25, -0.2) is 0 Å². The van der Waals surface area contributed by atoms with Gasteiger partial charge < -0.3 is 29.6 Å². The molecule has 1 unspecified atom stereocenters. The summed E-state index contributed by atoms with van der Waals surface area (Å²) in [6.07, 6.45) is 0. The van der Waals surface area contributed by atoms with Gasteiger partial charge in [-0.2, -0.15) is 0 Å². The van der Waals surface area contributed by atoms with Gasteiger partial charge in [0, 0.05) is 11.8 Å². The van der Waals surface area contributed by atoms with Gasteiger partial charge in [0.25, 0.3) is 0 Å². The van der Waals surface area contributed by atoms with Crippen molar-refractivity contribution in [1.82, 2.24) is 5.32 Å². The molecule has 2 N–H and O–H groups in total. The van der Waals surface area contributed by atoms with Crippen LogP contribution in [0.1, 0.15) is 32.4 Å². The van der Waals surface area contributed by atoms with Crippen LogP contribution in [0.15, 0.2) is 36.4 Å². The van der Waals surface area contributed by atoms with E-state index in [1.54, 1.807) is 14.2 Å². The molecule has 152 valence electrons. The second-order valence-corrected chi connectivity index (χ2v) is 6.37. The Kier molecular flexibility index (Phi) is 8.19. The van der Waals surface area contributed by atoms with Crippen LogP contribution in [-0.4, -0.2) is 32.5 Å². The van der Waals surface area contributed by atoms with Crippen molar-refractivity contribution in [3.63, 3.8) is 0 Å². The van der Waals surface area contributed by atoms with Crippen molar-refractivity contribution in [1.29, 1.82) is 0 Å². The van der Waals surface area contributed by atoms with Gasteiger partial charge in [0.05, 0.1) is 33.5 Å². The molecule has 28 heavy (non-hydrogen) atoms. The summed E-state index contributed by atoms with van der Waals surface area (Å²) in [4.78, 5) is 0. The van der Waals surface area contributed by atoms with Gasteiger partial charge in [0.1, 0.15) is 0 Å². The largest absolute Gasteiger partial charge is 0.493 e. The highest BCUT2D eigenvalue weighted by Crippen LogP contribution is 2.31. The van der Waals surface area contributed by atoms with Gasteiger partial charge in [0.15, 0.2) is 28.1 Å². The smallest absolute Gasteiger partial charge is 0.171 e. The average Bonchev–Trinajstić information content (AvgIpc) is 2.69. The number of nitrogens with one attached hydrogen (secondary N) is 2. The summed E-state index contributed by atoms with van der Waals surface area (Å²) in [5.41, 5.74) is 1.85. The Morgan fingerprint density at radius 3 is 2.18 bits per heavy atom. The van der Waals surface area contributed by atoms with Crippen LogP contribution < -0.4 is 29.6 Å². The van der Waals surface area contributed by atoms with Gasteiger partial charge in [0.2, 0.25) is 0 Å². The van der Waals surface area contributed by atoms with Gasteiger partial charge in [-0.3, -0.25) is 0 Å². The van der Waals surface area contributed by atoms with Gasteiger partial charge in [-0.15, -0.1) is 0 Å². The molecule has 2 aromatic rings. The van der Waals surface area contributed by atoms with Crippen LogP contribution in [0, 0.1) is 0 Å². The Morgan fingerprint density at radius 1 is 0.893 bits per heavy atom. The molecule has 2 aromatic carbocycles. The molecule has 0 aliphatic heterocycles. The average molecular weight is 405 g/mol. The zero-order valence-electron chi connectivity index (χ0n) is 17.0. The first-order chi connectivity index (χ1) is 13.5. The van der Waals surface area contributed by atoms with Crippen molar-refractivity contribution < 1.29 is 18.9 Å². The molecule has 0 fully saturated rings. The third-order valence-electron chi connectivity index (χ3n) is 4.06. The summed E-state index contributed by atoms with van der Waals surface area (Å²) in [5.74, 6) is 2.77. The quantitative estimate of drug-likeness (QED) is 0.595. The van der Waals surface area contributed by atoms with E-state index >= 15 is 0 Å². The first-order valence-electron chi connectivity index (χ1n) is 9.21. The molecule has 6 nitrogen and oxygen atoms in total. The monoisotopic (exact) mass is 404 g/mol. The number of thiocarbonyl (C=S) groups is 1. The summed E-state index contributed by atoms with van der Waals surface area (Å²) < 4.78 is 21.9. The lowest BCUT2D eigenvalue weighted by atomic mass is 10.1. The molecule has 0 heterocycles. The van der Waals surface area contributed by atoms with Crippen LogP contribution in [0.2, 0.25) is 0 Å². The highest BCUT2D eigenvalue weighted by atomic mass is 32.1. The maximum Gasteiger partial charge on any atom is 0.171 e. The van der Waals surface area contributed by atoms with Crippen molar-refractivity contribution in [3.8, 4) is 23.0 Å². The molecule has 0 aliphatic carbocycles. The lowest BCUT2D eigenvalue weighted by Gasteiger charge is -2.20. The molecule has 0 saturated carbocycles. The standard InChI is InChI=1S/C21H28N2O4S/c1-6-26-18-10-8-15(12-20(18)27-7-2)14(3)22-21(28)23-16-9-11-17(24-4)19(13-16)25-5/h8-14H,6-7H2,1-5H3,(H2,22,23,28). The fraction of sp³-hybridized carbons (Fsp3) is 0.381. The third kappa shape index (κ3) is 5.66. The van der Waals surface area contributed by atoms with Crippen LogP contribution >= 0.6 is 12.2 Å². The van der Waals surface area contributed by atoms with E-state index in [0.717, 1.165) is 22.7 Å². The Morgan fingerprint density at radius 2 is 1.54 bits per heavy atom. The molecule has 1 atom stereocenters. The molecule has 0 saturated heterocycles. The third-order valence-corrected chi connectivity index (χ3v) is 4.28. The number of methoxy groups -OCH3 is 2. The molecule has 7 heteroatoms. The topological polar surface area (TPSA) is 61.0 Å². The summed E-state index contributed by atoms with van der Waals surface area (Å²) in [7, 11) is 3.20. The highest BCUT2D eigenvalue weighted by Gasteiger charge is 2.13. The summed E-state index contributed by atoms with van der Waals surface area (Å²) in [6.45, 7) is 7.10. The minimum Gasteiger partial charge on any atom is -0.493 e.